The average molecular weight is 250 g/mol. The molecule has 0 spiro atoms. The number of hydrogen-bond acceptors (Lipinski definition) is 3. The van der Waals surface area contributed by atoms with Crippen molar-refractivity contribution >= 4 is 15.9 Å². The van der Waals surface area contributed by atoms with Crippen LogP contribution in [0, 0.1) is 0 Å². The van der Waals surface area contributed by atoms with Crippen molar-refractivity contribution in [1.82, 2.24) is 15.0 Å². The van der Waals surface area contributed by atoms with Crippen LogP contribution in [0.5, 0.6) is 0 Å². The first kappa shape index (κ1) is 9.27. The Kier molecular flexibility index (Phi) is 2.84. The van der Waals surface area contributed by atoms with Crippen molar-refractivity contribution in [3.8, 4) is 11.4 Å². The molecule has 2 aromatic heterocycles. The molecule has 0 fully saturated rings. The van der Waals surface area contributed by atoms with Gasteiger partial charge in [0.05, 0.1) is 0 Å². The summed E-state index contributed by atoms with van der Waals surface area (Å²) >= 11 is 3.35. The quantitative estimate of drug-likeness (QED) is 0.768. The standard InChI is InChI=1S/C10H8BrN3/c11-4-8-5-13-10(14-6-8)9-2-1-3-12-7-9/h1-3,5-7H,4H2. The summed E-state index contributed by atoms with van der Waals surface area (Å²) in [7, 11) is 0. The van der Waals surface area contributed by atoms with Crippen LogP contribution in [-0.2, 0) is 5.33 Å². The van der Waals surface area contributed by atoms with Crippen LogP contribution in [0.15, 0.2) is 36.9 Å². The maximum absolute atomic E-state index is 4.24. The van der Waals surface area contributed by atoms with Gasteiger partial charge in [-0.2, -0.15) is 0 Å². The lowest BCUT2D eigenvalue weighted by atomic mass is 10.2. The second kappa shape index (κ2) is 4.28. The molecule has 2 rings (SSSR count). The molecule has 0 radical (unpaired) electrons. The predicted octanol–water partition coefficient (Wildman–Crippen LogP) is 2.43. The van der Waals surface area contributed by atoms with Gasteiger partial charge in [0.2, 0.25) is 0 Å². The number of halogens is 1. The predicted molar refractivity (Wildman–Crippen MR) is 57.9 cm³/mol. The second-order valence-electron chi connectivity index (χ2n) is 2.79. The fraction of sp³-hybridized carbons (Fsp3) is 0.100. The molecule has 2 aromatic rings. The molecule has 0 aromatic carbocycles. The summed E-state index contributed by atoms with van der Waals surface area (Å²) in [6.45, 7) is 0. The molecule has 0 saturated heterocycles. The highest BCUT2D eigenvalue weighted by Crippen LogP contribution is 2.12. The molecule has 0 atom stereocenters. The highest BCUT2D eigenvalue weighted by Gasteiger charge is 1.99. The first-order valence-electron chi connectivity index (χ1n) is 4.17. The van der Waals surface area contributed by atoms with Gasteiger partial charge in [0.15, 0.2) is 5.82 Å². The van der Waals surface area contributed by atoms with Crippen molar-refractivity contribution in [1.29, 1.82) is 0 Å². The molecule has 3 nitrogen and oxygen atoms in total. The van der Waals surface area contributed by atoms with Gasteiger partial charge in [-0.1, -0.05) is 15.9 Å². The molecule has 14 heavy (non-hydrogen) atoms. The van der Waals surface area contributed by atoms with Gasteiger partial charge in [-0.3, -0.25) is 4.98 Å². The third-order valence-corrected chi connectivity index (χ3v) is 2.43. The zero-order chi connectivity index (χ0) is 9.80. The van der Waals surface area contributed by atoms with Crippen molar-refractivity contribution in [2.45, 2.75) is 5.33 Å². The Bertz CT molecular complexity index is 399. The summed E-state index contributed by atoms with van der Waals surface area (Å²) in [4.78, 5) is 12.5. The number of hydrogen-bond donors (Lipinski definition) is 0. The van der Waals surface area contributed by atoms with Crippen molar-refractivity contribution in [2.75, 3.05) is 0 Å². The van der Waals surface area contributed by atoms with E-state index in [-0.39, 0.29) is 0 Å². The molecule has 0 saturated carbocycles. The summed E-state index contributed by atoms with van der Waals surface area (Å²) in [5.41, 5.74) is 2.01. The first-order chi connectivity index (χ1) is 6.90. The van der Waals surface area contributed by atoms with Crippen molar-refractivity contribution < 1.29 is 0 Å². The monoisotopic (exact) mass is 249 g/mol. The van der Waals surface area contributed by atoms with Gasteiger partial charge >= 0.3 is 0 Å². The minimum Gasteiger partial charge on any atom is -0.264 e. The lowest BCUT2D eigenvalue weighted by Crippen LogP contribution is -1.90. The molecular weight excluding hydrogens is 242 g/mol. The normalized spacial score (nSPS) is 10.1. The molecule has 0 aliphatic heterocycles. The topological polar surface area (TPSA) is 38.7 Å². The number of alkyl halides is 1. The number of nitrogens with zero attached hydrogens (tertiary/aromatic N) is 3. The highest BCUT2D eigenvalue weighted by atomic mass is 79.9. The zero-order valence-electron chi connectivity index (χ0n) is 7.39. The van der Waals surface area contributed by atoms with Gasteiger partial charge < -0.3 is 0 Å². The third kappa shape index (κ3) is 1.96. The van der Waals surface area contributed by atoms with E-state index in [1.54, 1.807) is 12.4 Å². The van der Waals surface area contributed by atoms with Gasteiger partial charge in [-0.25, -0.2) is 9.97 Å². The fourth-order valence-corrected chi connectivity index (χ4v) is 1.36. The molecule has 0 aliphatic carbocycles. The van der Waals surface area contributed by atoms with E-state index in [2.05, 4.69) is 30.9 Å². The van der Waals surface area contributed by atoms with E-state index in [9.17, 15) is 0 Å². The Balaban J connectivity index is 2.34. The van der Waals surface area contributed by atoms with Crippen molar-refractivity contribution in [2.24, 2.45) is 0 Å². The zero-order valence-corrected chi connectivity index (χ0v) is 8.98. The summed E-state index contributed by atoms with van der Waals surface area (Å²) in [5.74, 6) is 0.711. The lowest BCUT2D eigenvalue weighted by Gasteiger charge is -1.99. The van der Waals surface area contributed by atoms with Gasteiger partial charge in [0, 0.05) is 35.7 Å². The van der Waals surface area contributed by atoms with Crippen LogP contribution in [0.1, 0.15) is 5.56 Å². The van der Waals surface area contributed by atoms with Gasteiger partial charge in [-0.15, -0.1) is 0 Å². The van der Waals surface area contributed by atoms with Gasteiger partial charge in [-0.05, 0) is 17.7 Å². The second-order valence-corrected chi connectivity index (χ2v) is 3.35. The SMILES string of the molecule is BrCc1cnc(-c2cccnc2)nc1. The van der Waals surface area contributed by atoms with E-state index in [1.165, 1.54) is 0 Å². The summed E-state index contributed by atoms with van der Waals surface area (Å²) < 4.78 is 0. The van der Waals surface area contributed by atoms with Crippen LogP contribution in [0.2, 0.25) is 0 Å². The summed E-state index contributed by atoms with van der Waals surface area (Å²) in [5, 5.41) is 0.778. The Labute approximate surface area is 90.4 Å². The van der Waals surface area contributed by atoms with Gasteiger partial charge in [0.25, 0.3) is 0 Å². The maximum atomic E-state index is 4.24. The Morgan fingerprint density at radius 3 is 2.50 bits per heavy atom. The van der Waals surface area contributed by atoms with Crippen LogP contribution in [0.25, 0.3) is 11.4 Å². The lowest BCUT2D eigenvalue weighted by molar-refractivity contribution is 1.12. The van der Waals surface area contributed by atoms with Crippen molar-refractivity contribution in [3.63, 3.8) is 0 Å². The molecule has 0 amide bonds. The van der Waals surface area contributed by atoms with Crippen LogP contribution in [0.3, 0.4) is 0 Å². The van der Waals surface area contributed by atoms with E-state index < -0.39 is 0 Å². The van der Waals surface area contributed by atoms with E-state index in [4.69, 9.17) is 0 Å². The largest absolute Gasteiger partial charge is 0.264 e. The van der Waals surface area contributed by atoms with E-state index in [0.29, 0.717) is 5.82 Å². The minimum absolute atomic E-state index is 0.711. The van der Waals surface area contributed by atoms with Crippen LogP contribution < -0.4 is 0 Å². The fourth-order valence-electron chi connectivity index (χ4n) is 1.07. The molecule has 0 bridgehead atoms. The Morgan fingerprint density at radius 1 is 1.14 bits per heavy atom. The molecule has 2 heterocycles. The summed E-state index contributed by atoms with van der Waals surface area (Å²) in [6.07, 6.45) is 7.10. The Hall–Kier alpha value is -1.29. The van der Waals surface area contributed by atoms with Crippen LogP contribution in [0.4, 0.5) is 0 Å². The first-order valence-corrected chi connectivity index (χ1v) is 5.29. The number of aromatic nitrogens is 3. The molecule has 4 heteroatoms. The number of pyridine rings is 1. The van der Waals surface area contributed by atoms with E-state index in [1.807, 2.05) is 24.5 Å². The number of rotatable bonds is 2. The van der Waals surface area contributed by atoms with Gasteiger partial charge in [0.1, 0.15) is 0 Å². The highest BCUT2D eigenvalue weighted by molar-refractivity contribution is 9.08. The van der Waals surface area contributed by atoms with Crippen molar-refractivity contribution in [3.05, 3.63) is 42.5 Å². The molecule has 0 unspecified atom stereocenters. The molecule has 0 N–H and O–H groups in total. The molecule has 70 valence electrons. The molecule has 0 aliphatic rings. The van der Waals surface area contributed by atoms with E-state index in [0.717, 1.165) is 16.5 Å². The average Bonchev–Trinajstić information content (AvgIpc) is 2.30. The molecular formula is C10H8BrN3. The minimum atomic E-state index is 0.711. The van der Waals surface area contributed by atoms with Crippen LogP contribution in [-0.4, -0.2) is 15.0 Å². The van der Waals surface area contributed by atoms with Crippen LogP contribution >= 0.6 is 15.9 Å². The third-order valence-electron chi connectivity index (χ3n) is 1.78. The maximum Gasteiger partial charge on any atom is 0.160 e. The Morgan fingerprint density at radius 2 is 1.93 bits per heavy atom. The summed E-state index contributed by atoms with van der Waals surface area (Å²) in [6, 6.07) is 3.81. The smallest absolute Gasteiger partial charge is 0.160 e. The van der Waals surface area contributed by atoms with E-state index >= 15 is 0 Å².